The monoisotopic (exact) mass is 207 g/mol. The van der Waals surface area contributed by atoms with Crippen LogP contribution in [0.25, 0.3) is 0 Å². The second-order valence-electron chi connectivity index (χ2n) is 3.59. The van der Waals surface area contributed by atoms with Crippen LogP contribution < -0.4 is 14.8 Å². The lowest BCUT2D eigenvalue weighted by Crippen LogP contribution is -2.24. The van der Waals surface area contributed by atoms with Crippen LogP contribution >= 0.6 is 0 Å². The quantitative estimate of drug-likeness (QED) is 0.823. The van der Waals surface area contributed by atoms with Gasteiger partial charge in [0.15, 0.2) is 11.5 Å². The summed E-state index contributed by atoms with van der Waals surface area (Å²) in [5.41, 5.74) is 1.20. The fraction of sp³-hybridized carbons (Fsp3) is 0.500. The van der Waals surface area contributed by atoms with Gasteiger partial charge in [-0.3, -0.25) is 0 Å². The fourth-order valence-electron chi connectivity index (χ4n) is 1.97. The standard InChI is InChI=1S/C12H17NO2/c1-3-14-11-6-4-5-9-10(13-2)7-8-15-12(9)11/h4-6,10,13H,3,7-8H2,1-2H3. The first-order valence-electron chi connectivity index (χ1n) is 5.42. The van der Waals surface area contributed by atoms with Crippen molar-refractivity contribution in [2.45, 2.75) is 19.4 Å². The van der Waals surface area contributed by atoms with Gasteiger partial charge in [0.2, 0.25) is 0 Å². The Bertz CT molecular complexity index is 338. The van der Waals surface area contributed by atoms with Gasteiger partial charge in [-0.15, -0.1) is 0 Å². The summed E-state index contributed by atoms with van der Waals surface area (Å²) in [6, 6.07) is 6.45. The van der Waals surface area contributed by atoms with E-state index in [4.69, 9.17) is 9.47 Å². The molecule has 1 aliphatic rings. The van der Waals surface area contributed by atoms with Crippen LogP contribution in [0.4, 0.5) is 0 Å². The van der Waals surface area contributed by atoms with Crippen molar-refractivity contribution >= 4 is 0 Å². The number of rotatable bonds is 3. The van der Waals surface area contributed by atoms with E-state index in [2.05, 4.69) is 11.4 Å². The molecule has 2 rings (SSSR count). The minimum absolute atomic E-state index is 0.383. The third-order valence-electron chi connectivity index (χ3n) is 2.69. The van der Waals surface area contributed by atoms with Crippen LogP contribution in [0, 0.1) is 0 Å². The minimum Gasteiger partial charge on any atom is -0.490 e. The Hall–Kier alpha value is -1.22. The van der Waals surface area contributed by atoms with E-state index < -0.39 is 0 Å². The molecule has 0 amide bonds. The van der Waals surface area contributed by atoms with Crippen LogP contribution in [0.15, 0.2) is 18.2 Å². The van der Waals surface area contributed by atoms with Gasteiger partial charge in [0.1, 0.15) is 0 Å². The van der Waals surface area contributed by atoms with Gasteiger partial charge in [0, 0.05) is 18.0 Å². The lowest BCUT2D eigenvalue weighted by atomic mass is 10.0. The van der Waals surface area contributed by atoms with Crippen LogP contribution in [-0.4, -0.2) is 20.3 Å². The Morgan fingerprint density at radius 1 is 1.53 bits per heavy atom. The molecule has 1 aromatic rings. The second-order valence-corrected chi connectivity index (χ2v) is 3.59. The fourth-order valence-corrected chi connectivity index (χ4v) is 1.97. The van der Waals surface area contributed by atoms with Crippen LogP contribution in [0.1, 0.15) is 24.9 Å². The molecule has 15 heavy (non-hydrogen) atoms. The van der Waals surface area contributed by atoms with Gasteiger partial charge in [-0.2, -0.15) is 0 Å². The van der Waals surface area contributed by atoms with Crippen molar-refractivity contribution < 1.29 is 9.47 Å². The largest absolute Gasteiger partial charge is 0.490 e. The number of para-hydroxylation sites is 1. The highest BCUT2D eigenvalue weighted by atomic mass is 16.5. The highest BCUT2D eigenvalue weighted by Gasteiger charge is 2.22. The lowest BCUT2D eigenvalue weighted by Gasteiger charge is -2.26. The van der Waals surface area contributed by atoms with E-state index in [1.807, 2.05) is 26.1 Å². The van der Waals surface area contributed by atoms with Crippen molar-refractivity contribution in [3.05, 3.63) is 23.8 Å². The molecule has 0 fully saturated rings. The van der Waals surface area contributed by atoms with Crippen LogP contribution in [0.3, 0.4) is 0 Å². The van der Waals surface area contributed by atoms with Gasteiger partial charge in [-0.1, -0.05) is 12.1 Å². The van der Waals surface area contributed by atoms with Crippen molar-refractivity contribution in [2.24, 2.45) is 0 Å². The van der Waals surface area contributed by atoms with Crippen LogP contribution in [0.5, 0.6) is 11.5 Å². The van der Waals surface area contributed by atoms with E-state index in [-0.39, 0.29) is 0 Å². The van der Waals surface area contributed by atoms with Crippen molar-refractivity contribution in [2.75, 3.05) is 20.3 Å². The normalized spacial score (nSPS) is 19.2. The van der Waals surface area contributed by atoms with Crippen LogP contribution in [-0.2, 0) is 0 Å². The predicted octanol–water partition coefficient (Wildman–Crippen LogP) is 2.13. The molecule has 0 spiro atoms. The molecule has 1 unspecified atom stereocenters. The molecule has 1 aromatic carbocycles. The summed E-state index contributed by atoms with van der Waals surface area (Å²) in [4.78, 5) is 0. The van der Waals surface area contributed by atoms with E-state index in [0.717, 1.165) is 24.5 Å². The molecule has 1 N–H and O–H groups in total. The molecule has 82 valence electrons. The summed E-state index contributed by atoms with van der Waals surface area (Å²) in [6.07, 6.45) is 1.01. The Kier molecular flexibility index (Phi) is 3.11. The average molecular weight is 207 g/mol. The van der Waals surface area contributed by atoms with E-state index in [1.54, 1.807) is 0 Å². The van der Waals surface area contributed by atoms with Gasteiger partial charge >= 0.3 is 0 Å². The predicted molar refractivity (Wildman–Crippen MR) is 59.5 cm³/mol. The number of fused-ring (bicyclic) bond motifs is 1. The van der Waals surface area contributed by atoms with Gasteiger partial charge in [-0.25, -0.2) is 0 Å². The first-order valence-corrected chi connectivity index (χ1v) is 5.42. The van der Waals surface area contributed by atoms with E-state index in [1.165, 1.54) is 5.56 Å². The highest BCUT2D eigenvalue weighted by Crippen LogP contribution is 2.39. The maximum atomic E-state index is 5.67. The maximum absolute atomic E-state index is 5.67. The maximum Gasteiger partial charge on any atom is 0.165 e. The molecule has 0 saturated heterocycles. The zero-order chi connectivity index (χ0) is 10.7. The SMILES string of the molecule is CCOc1cccc2c1OCCC2NC. The van der Waals surface area contributed by atoms with Gasteiger partial charge in [0.25, 0.3) is 0 Å². The zero-order valence-electron chi connectivity index (χ0n) is 9.25. The molecular formula is C12H17NO2. The van der Waals surface area contributed by atoms with Crippen molar-refractivity contribution in [1.82, 2.24) is 5.32 Å². The summed E-state index contributed by atoms with van der Waals surface area (Å²) in [7, 11) is 1.98. The third-order valence-corrected chi connectivity index (χ3v) is 2.69. The van der Waals surface area contributed by atoms with Crippen molar-refractivity contribution in [1.29, 1.82) is 0 Å². The van der Waals surface area contributed by atoms with Gasteiger partial charge < -0.3 is 14.8 Å². The highest BCUT2D eigenvalue weighted by molar-refractivity contribution is 5.49. The van der Waals surface area contributed by atoms with Crippen molar-refractivity contribution in [3.8, 4) is 11.5 Å². The molecule has 1 aliphatic heterocycles. The van der Waals surface area contributed by atoms with Gasteiger partial charge in [0.05, 0.1) is 13.2 Å². The first-order chi connectivity index (χ1) is 7.36. The summed E-state index contributed by atoms with van der Waals surface area (Å²) in [6.45, 7) is 3.41. The van der Waals surface area contributed by atoms with Crippen molar-refractivity contribution in [3.63, 3.8) is 0 Å². The summed E-state index contributed by atoms with van der Waals surface area (Å²) in [5.74, 6) is 1.76. The number of ether oxygens (including phenoxy) is 2. The molecule has 1 heterocycles. The lowest BCUT2D eigenvalue weighted by molar-refractivity contribution is 0.235. The third kappa shape index (κ3) is 1.92. The second kappa shape index (κ2) is 4.53. The summed E-state index contributed by atoms with van der Waals surface area (Å²) >= 11 is 0. The van der Waals surface area contributed by atoms with Crippen LogP contribution in [0.2, 0.25) is 0 Å². The smallest absolute Gasteiger partial charge is 0.165 e. The molecular weight excluding hydrogens is 190 g/mol. The molecule has 0 bridgehead atoms. The van der Waals surface area contributed by atoms with E-state index >= 15 is 0 Å². The Morgan fingerprint density at radius 3 is 3.13 bits per heavy atom. The summed E-state index contributed by atoms with van der Waals surface area (Å²) in [5, 5.41) is 3.29. The Labute approximate surface area is 90.4 Å². The number of nitrogens with one attached hydrogen (secondary N) is 1. The Balaban J connectivity index is 2.37. The molecule has 3 heteroatoms. The molecule has 0 radical (unpaired) electrons. The summed E-state index contributed by atoms with van der Waals surface area (Å²) < 4.78 is 11.2. The average Bonchev–Trinajstić information content (AvgIpc) is 2.29. The Morgan fingerprint density at radius 2 is 2.40 bits per heavy atom. The number of hydrogen-bond donors (Lipinski definition) is 1. The number of hydrogen-bond acceptors (Lipinski definition) is 3. The minimum atomic E-state index is 0.383. The van der Waals surface area contributed by atoms with Gasteiger partial charge in [-0.05, 0) is 20.0 Å². The molecule has 1 atom stereocenters. The zero-order valence-corrected chi connectivity index (χ0v) is 9.25. The van der Waals surface area contributed by atoms with E-state index in [0.29, 0.717) is 12.6 Å². The molecule has 0 aliphatic carbocycles. The first kappa shape index (κ1) is 10.3. The topological polar surface area (TPSA) is 30.5 Å². The molecule has 0 aromatic heterocycles. The molecule has 3 nitrogen and oxygen atoms in total. The van der Waals surface area contributed by atoms with E-state index in [9.17, 15) is 0 Å². The molecule has 0 saturated carbocycles. The number of benzene rings is 1.